The molecule has 0 unspecified atom stereocenters. The molecule has 28 heavy (non-hydrogen) atoms. The number of benzene rings is 2. The Morgan fingerprint density at radius 3 is 2.68 bits per heavy atom. The molecular formula is C21H26IN5O. The van der Waals surface area contributed by atoms with E-state index in [1.165, 1.54) is 5.56 Å². The van der Waals surface area contributed by atoms with E-state index in [-0.39, 0.29) is 24.0 Å². The van der Waals surface area contributed by atoms with Gasteiger partial charge in [-0.3, -0.25) is 0 Å². The Balaban J connectivity index is 0.00000280. The van der Waals surface area contributed by atoms with Gasteiger partial charge >= 0.3 is 0 Å². The quantitative estimate of drug-likeness (QED) is 0.283. The molecule has 0 atom stereocenters. The molecule has 0 saturated carbocycles. The molecule has 0 radical (unpaired) electrons. The Morgan fingerprint density at radius 1 is 1.14 bits per heavy atom. The number of nitrogens with two attached hydrogens (primary N) is 1. The number of ether oxygens (including phenoxy) is 1. The minimum absolute atomic E-state index is 0. The molecule has 0 amide bonds. The highest BCUT2D eigenvalue weighted by atomic mass is 127. The zero-order valence-corrected chi connectivity index (χ0v) is 18.2. The van der Waals surface area contributed by atoms with Crippen molar-refractivity contribution in [3.05, 3.63) is 78.4 Å². The van der Waals surface area contributed by atoms with Gasteiger partial charge in [0.15, 0.2) is 5.96 Å². The third kappa shape index (κ3) is 6.26. The van der Waals surface area contributed by atoms with E-state index >= 15 is 0 Å². The van der Waals surface area contributed by atoms with Crippen molar-refractivity contribution in [2.45, 2.75) is 25.9 Å². The number of hydrogen-bond acceptors (Lipinski definition) is 3. The van der Waals surface area contributed by atoms with Crippen molar-refractivity contribution in [3.63, 3.8) is 0 Å². The summed E-state index contributed by atoms with van der Waals surface area (Å²) in [4.78, 5) is 8.81. The maximum absolute atomic E-state index is 6.02. The zero-order valence-electron chi connectivity index (χ0n) is 15.9. The van der Waals surface area contributed by atoms with Crippen LogP contribution >= 0.6 is 24.0 Å². The Kier molecular flexibility index (Phi) is 8.80. The molecule has 3 N–H and O–H groups in total. The molecule has 1 heterocycles. The summed E-state index contributed by atoms with van der Waals surface area (Å²) in [6.45, 7) is 1.33. The lowest BCUT2D eigenvalue weighted by atomic mass is 10.1. The number of aromatic nitrogens is 2. The third-order valence-corrected chi connectivity index (χ3v) is 4.27. The number of anilines is 1. The molecule has 7 heteroatoms. The third-order valence-electron chi connectivity index (χ3n) is 4.27. The number of guanidine groups is 1. The van der Waals surface area contributed by atoms with Crippen LogP contribution in [0.15, 0.2) is 72.0 Å². The predicted molar refractivity (Wildman–Crippen MR) is 124 cm³/mol. The van der Waals surface area contributed by atoms with Crippen LogP contribution in [0.4, 0.5) is 5.69 Å². The summed E-state index contributed by atoms with van der Waals surface area (Å²) in [6.07, 6.45) is 5.88. The maximum Gasteiger partial charge on any atom is 0.193 e. The molecule has 0 aliphatic rings. The van der Waals surface area contributed by atoms with Crippen LogP contribution in [0, 0.1) is 0 Å². The van der Waals surface area contributed by atoms with Gasteiger partial charge in [-0.25, -0.2) is 9.98 Å². The van der Waals surface area contributed by atoms with E-state index in [0.717, 1.165) is 36.6 Å². The van der Waals surface area contributed by atoms with Crippen molar-refractivity contribution < 1.29 is 4.74 Å². The largest absolute Gasteiger partial charge is 0.495 e. The van der Waals surface area contributed by atoms with Gasteiger partial charge in [-0.2, -0.15) is 0 Å². The van der Waals surface area contributed by atoms with Gasteiger partial charge in [-0.1, -0.05) is 42.5 Å². The number of nitrogens with one attached hydrogen (secondary N) is 1. The van der Waals surface area contributed by atoms with Crippen molar-refractivity contribution in [2.24, 2.45) is 10.7 Å². The second-order valence-electron chi connectivity index (χ2n) is 6.15. The highest BCUT2D eigenvalue weighted by Crippen LogP contribution is 2.22. The molecular weight excluding hydrogens is 465 g/mol. The maximum atomic E-state index is 6.02. The van der Waals surface area contributed by atoms with Crippen LogP contribution in [0.25, 0.3) is 0 Å². The summed E-state index contributed by atoms with van der Waals surface area (Å²) >= 11 is 0. The van der Waals surface area contributed by atoms with Gasteiger partial charge in [0.1, 0.15) is 18.1 Å². The van der Waals surface area contributed by atoms with E-state index in [0.29, 0.717) is 12.5 Å². The molecule has 0 aliphatic carbocycles. The standard InChI is InChI=1S/C21H25N5O.HI/c1-27-19-12-6-5-11-18(19)25-21(22)24-16-20-23-13-15-26(20)14-7-10-17-8-3-2-4-9-17;/h2-6,8-9,11-13,15H,7,10,14,16H2,1H3,(H3,22,24,25);1H. The van der Waals surface area contributed by atoms with E-state index in [2.05, 4.69) is 44.1 Å². The van der Waals surface area contributed by atoms with Crippen LogP contribution in [0.2, 0.25) is 0 Å². The Morgan fingerprint density at radius 2 is 1.89 bits per heavy atom. The number of rotatable bonds is 8. The Hall–Kier alpha value is -2.55. The number of hydrogen-bond donors (Lipinski definition) is 2. The van der Waals surface area contributed by atoms with Crippen LogP contribution in [0.3, 0.4) is 0 Å². The highest BCUT2D eigenvalue weighted by molar-refractivity contribution is 14.0. The number of methoxy groups -OCH3 is 1. The lowest BCUT2D eigenvalue weighted by Gasteiger charge is -2.10. The lowest BCUT2D eigenvalue weighted by molar-refractivity contribution is 0.417. The van der Waals surface area contributed by atoms with E-state index in [4.69, 9.17) is 10.5 Å². The van der Waals surface area contributed by atoms with Gasteiger partial charge in [0, 0.05) is 18.9 Å². The molecule has 0 bridgehead atoms. The van der Waals surface area contributed by atoms with Crippen LogP contribution < -0.4 is 15.8 Å². The van der Waals surface area contributed by atoms with Crippen LogP contribution in [0.1, 0.15) is 17.8 Å². The molecule has 0 spiro atoms. The summed E-state index contributed by atoms with van der Waals surface area (Å²) in [5.41, 5.74) is 8.15. The predicted octanol–water partition coefficient (Wildman–Crippen LogP) is 4.07. The number of para-hydroxylation sites is 2. The summed E-state index contributed by atoms with van der Waals surface area (Å²) in [5.74, 6) is 1.95. The second-order valence-corrected chi connectivity index (χ2v) is 6.15. The summed E-state index contributed by atoms with van der Waals surface area (Å²) in [6, 6.07) is 18.1. The number of nitrogens with zero attached hydrogens (tertiary/aromatic N) is 3. The zero-order chi connectivity index (χ0) is 18.9. The van der Waals surface area contributed by atoms with Crippen molar-refractivity contribution in [2.75, 3.05) is 12.4 Å². The Bertz CT molecular complexity index is 879. The van der Waals surface area contributed by atoms with Crippen molar-refractivity contribution in [1.82, 2.24) is 9.55 Å². The number of imidazole rings is 1. The SMILES string of the molecule is COc1ccccc1NC(N)=NCc1nccn1CCCc1ccccc1.I. The van der Waals surface area contributed by atoms with Gasteiger partial charge in [0.05, 0.1) is 12.8 Å². The molecule has 0 fully saturated rings. The summed E-state index contributed by atoms with van der Waals surface area (Å²) in [7, 11) is 1.63. The summed E-state index contributed by atoms with van der Waals surface area (Å²) in [5, 5.41) is 3.07. The molecule has 0 aliphatic heterocycles. The van der Waals surface area contributed by atoms with E-state index in [1.807, 2.05) is 36.5 Å². The minimum Gasteiger partial charge on any atom is -0.495 e. The smallest absolute Gasteiger partial charge is 0.193 e. The van der Waals surface area contributed by atoms with Crippen LogP contribution in [-0.4, -0.2) is 22.6 Å². The van der Waals surface area contributed by atoms with Gasteiger partial charge in [-0.05, 0) is 30.5 Å². The van der Waals surface area contributed by atoms with Gasteiger partial charge in [-0.15, -0.1) is 24.0 Å². The van der Waals surface area contributed by atoms with Crippen molar-refractivity contribution in [1.29, 1.82) is 0 Å². The lowest BCUT2D eigenvalue weighted by Crippen LogP contribution is -2.23. The average molecular weight is 491 g/mol. The van der Waals surface area contributed by atoms with E-state index in [1.54, 1.807) is 13.3 Å². The molecule has 0 saturated heterocycles. The van der Waals surface area contributed by atoms with Gasteiger partial charge in [0.25, 0.3) is 0 Å². The second kappa shape index (κ2) is 11.3. The first kappa shape index (κ1) is 21.7. The summed E-state index contributed by atoms with van der Waals surface area (Å²) < 4.78 is 7.43. The highest BCUT2D eigenvalue weighted by Gasteiger charge is 2.05. The molecule has 3 rings (SSSR count). The van der Waals surface area contributed by atoms with Crippen LogP contribution in [-0.2, 0) is 19.5 Å². The average Bonchev–Trinajstić information content (AvgIpc) is 3.15. The molecule has 1 aromatic heterocycles. The first-order chi connectivity index (χ1) is 13.3. The van der Waals surface area contributed by atoms with Gasteiger partial charge < -0.3 is 20.4 Å². The fourth-order valence-corrected chi connectivity index (χ4v) is 2.87. The van der Waals surface area contributed by atoms with E-state index in [9.17, 15) is 0 Å². The minimum atomic E-state index is 0. The number of aryl methyl sites for hydroxylation is 2. The molecule has 148 valence electrons. The van der Waals surface area contributed by atoms with Crippen molar-refractivity contribution >= 4 is 35.6 Å². The fourth-order valence-electron chi connectivity index (χ4n) is 2.87. The monoisotopic (exact) mass is 491 g/mol. The van der Waals surface area contributed by atoms with Crippen molar-refractivity contribution in [3.8, 4) is 5.75 Å². The number of aliphatic imine (C=N–C) groups is 1. The fraction of sp³-hybridized carbons (Fsp3) is 0.238. The number of halogens is 1. The molecule has 6 nitrogen and oxygen atoms in total. The van der Waals surface area contributed by atoms with Crippen LogP contribution in [0.5, 0.6) is 5.75 Å². The van der Waals surface area contributed by atoms with Gasteiger partial charge in [0.2, 0.25) is 0 Å². The first-order valence-corrected chi connectivity index (χ1v) is 9.00. The normalized spacial score (nSPS) is 11.0. The topological polar surface area (TPSA) is 77.5 Å². The Labute approximate surface area is 182 Å². The van der Waals surface area contributed by atoms with E-state index < -0.39 is 0 Å². The first-order valence-electron chi connectivity index (χ1n) is 9.00. The molecule has 3 aromatic rings. The molecule has 2 aromatic carbocycles.